The maximum absolute atomic E-state index is 13.6. The number of esters is 2. The lowest BCUT2D eigenvalue weighted by atomic mass is 9.50. The van der Waals surface area contributed by atoms with Crippen LogP contribution in [0.4, 0.5) is 34.1 Å². The van der Waals surface area contributed by atoms with Gasteiger partial charge in [-0.25, -0.2) is 0 Å². The van der Waals surface area contributed by atoms with Crippen molar-refractivity contribution < 1.29 is 57.0 Å². The SMILES string of the molecule is CCCCC(CC)COc1cc(/C=C/c2cc(OCC(CC)CCCC)c(/C=C/c3cc(OCC(CC)CCCC)c(/C=C/c4ccc(N(c5ccc(OC)cc5)c5ccc6c(c5)CCC5[C@](C)(C(=O)OC)CCC[C@]65C)cc4)cc3OCC(CC)CCCC)cc2OCC(CC)CCCC)c(OCC(CC)CCCC)cc1/C=C/c1ccc(N(c2ccc(OC)cc2)c2ccc3c(c2)CCC2[C@](C)(C(=O)OC)CCC[C@]32C)cc1. The van der Waals surface area contributed by atoms with Gasteiger partial charge < -0.3 is 57.2 Å². The van der Waals surface area contributed by atoms with E-state index < -0.39 is 10.8 Å². The largest absolute Gasteiger partial charge is 0.497 e. The number of hydrogen-bond acceptors (Lipinski definition) is 14. The fourth-order valence-corrected chi connectivity index (χ4v) is 24.7. The Labute approximate surface area is 904 Å². The van der Waals surface area contributed by atoms with Gasteiger partial charge in [-0.15, -0.1) is 0 Å². The number of unbranched alkanes of at least 4 members (excludes halogenated alkanes) is 6. The van der Waals surface area contributed by atoms with Gasteiger partial charge in [0.25, 0.3) is 0 Å². The van der Waals surface area contributed by atoms with Crippen LogP contribution in [0.25, 0.3) is 48.6 Å². The monoisotopic (exact) mass is 2040 g/mol. The Balaban J connectivity index is 0.903. The minimum absolute atomic E-state index is 0.0831. The molecule has 0 radical (unpaired) electrons. The molecule has 810 valence electrons. The van der Waals surface area contributed by atoms with Crippen molar-refractivity contribution in [1.29, 1.82) is 0 Å². The number of ether oxygens (including phenoxy) is 10. The molecule has 4 aliphatic rings. The number of carbonyl (C=O) groups excluding carboxylic acids is 2. The third kappa shape index (κ3) is 29.1. The van der Waals surface area contributed by atoms with Crippen LogP contribution in [-0.2, 0) is 42.7 Å². The lowest BCUT2D eigenvalue weighted by molar-refractivity contribution is -0.162. The summed E-state index contributed by atoms with van der Waals surface area (Å²) < 4.78 is 66.4. The quantitative estimate of drug-likeness (QED) is 0.0264. The van der Waals surface area contributed by atoms with Crippen LogP contribution in [0.5, 0.6) is 46.0 Å². The van der Waals surface area contributed by atoms with Crippen LogP contribution in [-0.4, -0.2) is 80.0 Å². The molecular weight excluding hydrogens is 1850 g/mol. The molecule has 0 aliphatic heterocycles. The highest BCUT2D eigenvalue weighted by Gasteiger charge is 2.57. The Morgan fingerprint density at radius 2 is 0.533 bits per heavy atom. The van der Waals surface area contributed by atoms with Gasteiger partial charge in [0.05, 0.1) is 78.9 Å². The summed E-state index contributed by atoms with van der Waals surface area (Å²) in [6.45, 7) is 40.1. The number of carbonyl (C=O) groups is 2. The predicted octanol–water partition coefficient (Wildman–Crippen LogP) is 37.3. The van der Waals surface area contributed by atoms with Crippen molar-refractivity contribution in [2.45, 2.75) is 340 Å². The minimum Gasteiger partial charge on any atom is -0.497 e. The third-order valence-corrected chi connectivity index (χ3v) is 34.8. The number of aryl methyl sites for hydroxylation is 2. The van der Waals surface area contributed by atoms with E-state index in [1.165, 1.54) is 22.3 Å². The molecule has 0 heterocycles. The highest BCUT2D eigenvalue weighted by molar-refractivity contribution is 5.87. The smallest absolute Gasteiger partial charge is 0.311 e. The zero-order valence-electron chi connectivity index (χ0n) is 95.5. The predicted molar refractivity (Wildman–Crippen MR) is 629 cm³/mol. The number of nitrogens with zero attached hydrogens (tertiary/aromatic N) is 2. The number of anilines is 6. The second-order valence-corrected chi connectivity index (χ2v) is 45.0. The molecule has 0 N–H and O–H groups in total. The van der Waals surface area contributed by atoms with E-state index in [1.807, 2.05) is 24.3 Å². The molecule has 0 bridgehead atoms. The molecule has 13 rings (SSSR count). The van der Waals surface area contributed by atoms with Gasteiger partial charge in [-0.3, -0.25) is 9.59 Å². The Hall–Kier alpha value is -11.1. The van der Waals surface area contributed by atoms with Gasteiger partial charge in [0, 0.05) is 67.5 Å². The number of methoxy groups -OCH3 is 4. The van der Waals surface area contributed by atoms with Gasteiger partial charge in [0.15, 0.2) is 0 Å². The highest BCUT2D eigenvalue weighted by atomic mass is 16.5. The van der Waals surface area contributed by atoms with Crippen molar-refractivity contribution in [1.82, 2.24) is 0 Å². The number of rotatable bonds is 60. The molecule has 2 saturated carbocycles. The van der Waals surface area contributed by atoms with Gasteiger partial charge in [-0.05, 0) is 329 Å². The summed E-state index contributed by atoms with van der Waals surface area (Å²) in [6, 6.07) is 62.1. The van der Waals surface area contributed by atoms with Crippen LogP contribution >= 0.6 is 0 Å². The van der Waals surface area contributed by atoms with Gasteiger partial charge in [0.1, 0.15) is 46.0 Å². The van der Waals surface area contributed by atoms with Gasteiger partial charge in [-0.2, -0.15) is 0 Å². The highest BCUT2D eigenvalue weighted by Crippen LogP contribution is 2.61. The number of fused-ring (bicyclic) bond motifs is 6. The molecule has 0 saturated heterocycles. The van der Waals surface area contributed by atoms with E-state index in [2.05, 4.69) is 315 Å². The zero-order valence-corrected chi connectivity index (χ0v) is 95.5. The van der Waals surface area contributed by atoms with Crippen LogP contribution in [0.3, 0.4) is 0 Å². The van der Waals surface area contributed by atoms with Gasteiger partial charge in [0.2, 0.25) is 0 Å². The molecule has 14 heteroatoms. The maximum atomic E-state index is 13.6. The maximum Gasteiger partial charge on any atom is 0.311 e. The fraction of sp³-hybridized carbons (Fsp3) is 0.529. The summed E-state index contributed by atoms with van der Waals surface area (Å²) in [5.74, 6) is 8.83. The first-order valence-corrected chi connectivity index (χ1v) is 58.5. The molecular formula is C136H184N2O12. The molecule has 150 heavy (non-hydrogen) atoms. The van der Waals surface area contributed by atoms with Crippen molar-refractivity contribution in [3.63, 3.8) is 0 Å². The van der Waals surface area contributed by atoms with Crippen LogP contribution in [0.1, 0.15) is 383 Å². The lowest BCUT2D eigenvalue weighted by Crippen LogP contribution is -2.52. The summed E-state index contributed by atoms with van der Waals surface area (Å²) in [5, 5.41) is 0. The van der Waals surface area contributed by atoms with Crippen molar-refractivity contribution >= 4 is 94.7 Å². The van der Waals surface area contributed by atoms with Crippen LogP contribution in [0, 0.1) is 58.2 Å². The summed E-state index contributed by atoms with van der Waals surface area (Å²) in [5.41, 5.74) is 18.0. The number of hydrogen-bond donors (Lipinski definition) is 0. The first-order chi connectivity index (χ1) is 72.9. The van der Waals surface area contributed by atoms with Crippen LogP contribution in [0.2, 0.25) is 0 Å². The standard InChI is InChI=1S/C136H184N2O12/c1-21-33-41-97(27-7)91-145-123-87-109(125(147-93-99(29-9)43-35-23-3)85-107(123)53-47-103-49-61-113(62-50-103)137(115-65-71-119(141-17)72-66-115)117-69-75-121-105(83-117)59-77-129-133(121,13)79-39-81-135(129,15)131(139)143-19)55-57-111-89-128(150-96-102(32-12)46-38-26-6)112(90-127(111)149-95-101(31-11)45-37-25-5)58-56-110-88-124(146-92-98(28-8)42-34-22-2)108(86-126(110)148-94-100(30-10)44-36-24-4)54-48-104-51-63-114(64-52-104)138(116-67-73-120(142-18)74-68-116)118-70-76-122-106(84-118)60-78-130-134(122,14)80-40-82-136(130,16)132(140)144-20/h47-58,61-76,83-90,97-102,129-130H,21-46,59-60,77-82,91-96H2,1-20H3/b53-47+,54-48+,57-55+,58-56+/t97?,98?,99?,100?,101?,102?,129?,130?,133-,134-,135-,136-/m1/s1. The Kier molecular flexibility index (Phi) is 44.1. The minimum atomic E-state index is -0.524. The average Bonchev–Trinajstić information content (AvgIpc) is 0.722. The van der Waals surface area contributed by atoms with E-state index in [0.717, 1.165) is 343 Å². The van der Waals surface area contributed by atoms with E-state index in [0.29, 0.717) is 75.1 Å². The Bertz CT molecular complexity index is 5500. The van der Waals surface area contributed by atoms with Crippen LogP contribution < -0.4 is 47.7 Å². The summed E-state index contributed by atoms with van der Waals surface area (Å²) >= 11 is 0. The van der Waals surface area contributed by atoms with E-state index in [-0.39, 0.29) is 34.6 Å². The molecule has 0 aromatic heterocycles. The van der Waals surface area contributed by atoms with E-state index in [1.54, 1.807) is 28.4 Å². The lowest BCUT2D eigenvalue weighted by Gasteiger charge is -2.54. The molecule has 4 aliphatic carbocycles. The molecule has 0 amide bonds. The molecule has 0 spiro atoms. The van der Waals surface area contributed by atoms with E-state index >= 15 is 0 Å². The van der Waals surface area contributed by atoms with Crippen molar-refractivity contribution in [2.75, 3.05) is 77.9 Å². The van der Waals surface area contributed by atoms with Crippen LogP contribution in [0.15, 0.2) is 170 Å². The zero-order chi connectivity index (χ0) is 107. The van der Waals surface area contributed by atoms with E-state index in [9.17, 15) is 9.59 Å². The van der Waals surface area contributed by atoms with Gasteiger partial charge in [-0.1, -0.05) is 310 Å². The summed E-state index contributed by atoms with van der Waals surface area (Å²) in [7, 11) is 6.53. The molecule has 14 nitrogen and oxygen atoms in total. The first kappa shape index (κ1) is 116. The molecule has 12 atom stereocenters. The van der Waals surface area contributed by atoms with Crippen molar-refractivity contribution in [3.05, 3.63) is 237 Å². The molecule has 9 aromatic carbocycles. The third-order valence-electron chi connectivity index (χ3n) is 34.8. The summed E-state index contributed by atoms with van der Waals surface area (Å²) in [6.07, 6.45) is 53.4. The molecule has 9 aromatic rings. The van der Waals surface area contributed by atoms with Crippen molar-refractivity contribution in [3.8, 4) is 46.0 Å². The Morgan fingerprint density at radius 3 is 0.760 bits per heavy atom. The normalized spacial score (nSPS) is 19.6. The van der Waals surface area contributed by atoms with Gasteiger partial charge >= 0.3 is 11.9 Å². The topological polar surface area (TPSA) is 133 Å². The van der Waals surface area contributed by atoms with E-state index in [4.69, 9.17) is 47.4 Å². The molecule has 8 unspecified atom stereocenters. The molecule has 2 fully saturated rings. The number of benzene rings is 9. The second-order valence-electron chi connectivity index (χ2n) is 45.0. The Morgan fingerprint density at radius 1 is 0.300 bits per heavy atom. The first-order valence-electron chi connectivity index (χ1n) is 58.5. The summed E-state index contributed by atoms with van der Waals surface area (Å²) in [4.78, 5) is 31.9. The van der Waals surface area contributed by atoms with Crippen molar-refractivity contribution in [2.24, 2.45) is 58.2 Å². The second kappa shape index (κ2) is 57.0. The fourth-order valence-electron chi connectivity index (χ4n) is 24.7. The average molecular weight is 2040 g/mol.